The van der Waals surface area contributed by atoms with Gasteiger partial charge in [-0.3, -0.25) is 4.79 Å². The molecule has 2 aliphatic carbocycles. The van der Waals surface area contributed by atoms with Crippen molar-refractivity contribution in [2.45, 2.75) is 50.6 Å². The Morgan fingerprint density at radius 2 is 1.96 bits per heavy atom. The third-order valence-corrected chi connectivity index (χ3v) is 4.67. The number of hydrogen-bond donors (Lipinski definition) is 2. The molecule has 0 aliphatic heterocycles. The number of benzene rings is 1. The summed E-state index contributed by atoms with van der Waals surface area (Å²) in [6, 6.07) is 10.2. The van der Waals surface area contributed by atoms with Crippen molar-refractivity contribution in [1.82, 2.24) is 15.3 Å². The maximum atomic E-state index is 11.7. The minimum Gasteiger partial charge on any atom is -0.484 e. The lowest BCUT2D eigenvalue weighted by Gasteiger charge is -2.16. The maximum absolute atomic E-state index is 11.7. The molecule has 26 heavy (non-hydrogen) atoms. The Hall–Kier alpha value is -2.63. The average Bonchev–Trinajstić information content (AvgIpc) is 3.54. The molecule has 1 atom stereocenters. The third-order valence-electron chi connectivity index (χ3n) is 4.67. The van der Waals surface area contributed by atoms with E-state index in [1.165, 1.54) is 12.8 Å². The lowest BCUT2D eigenvalue weighted by atomic mass is 10.1. The topological polar surface area (TPSA) is 76.1 Å². The number of carbonyl (C=O) groups is 1. The molecule has 6 nitrogen and oxygen atoms in total. The van der Waals surface area contributed by atoms with E-state index in [4.69, 9.17) is 4.74 Å². The fourth-order valence-corrected chi connectivity index (χ4v) is 2.80. The summed E-state index contributed by atoms with van der Waals surface area (Å²) in [5, 5.41) is 6.34. The zero-order chi connectivity index (χ0) is 17.9. The summed E-state index contributed by atoms with van der Waals surface area (Å²) in [6.07, 6.45) is 6.37. The lowest BCUT2D eigenvalue weighted by Crippen LogP contribution is -2.30. The van der Waals surface area contributed by atoms with E-state index in [9.17, 15) is 4.79 Å². The first-order chi connectivity index (χ1) is 12.7. The highest BCUT2D eigenvalue weighted by atomic mass is 16.5. The van der Waals surface area contributed by atoms with Gasteiger partial charge in [0, 0.05) is 24.2 Å². The van der Waals surface area contributed by atoms with E-state index in [2.05, 4.69) is 27.5 Å². The quantitative estimate of drug-likeness (QED) is 0.763. The number of nitrogens with zero attached hydrogens (tertiary/aromatic N) is 2. The first kappa shape index (κ1) is 16.8. The first-order valence-electron chi connectivity index (χ1n) is 9.29. The number of rotatable bonds is 8. The van der Waals surface area contributed by atoms with Crippen molar-refractivity contribution in [2.75, 3.05) is 11.9 Å². The summed E-state index contributed by atoms with van der Waals surface area (Å²) in [5.41, 5.74) is 1.13. The lowest BCUT2D eigenvalue weighted by molar-refractivity contribution is -0.123. The molecule has 0 radical (unpaired) electrons. The molecule has 0 saturated heterocycles. The Balaban J connectivity index is 1.30. The maximum Gasteiger partial charge on any atom is 0.258 e. The second-order valence-electron chi connectivity index (χ2n) is 7.14. The molecule has 0 spiro atoms. The van der Waals surface area contributed by atoms with Crippen LogP contribution in [0, 0.1) is 0 Å². The Bertz CT molecular complexity index is 770. The monoisotopic (exact) mass is 352 g/mol. The predicted molar refractivity (Wildman–Crippen MR) is 99.1 cm³/mol. The van der Waals surface area contributed by atoms with Crippen molar-refractivity contribution in [3.8, 4) is 5.75 Å². The molecule has 2 saturated carbocycles. The number of ether oxygens (including phenoxy) is 1. The Labute approximate surface area is 153 Å². The van der Waals surface area contributed by atoms with Crippen LogP contribution in [-0.4, -0.2) is 28.5 Å². The van der Waals surface area contributed by atoms with Crippen LogP contribution in [0.1, 0.15) is 56.0 Å². The Morgan fingerprint density at radius 1 is 1.19 bits per heavy atom. The third kappa shape index (κ3) is 4.50. The van der Waals surface area contributed by atoms with E-state index in [1.807, 2.05) is 36.5 Å². The van der Waals surface area contributed by atoms with Crippen LogP contribution in [0.15, 0.2) is 36.5 Å². The fourth-order valence-electron chi connectivity index (χ4n) is 2.80. The molecule has 1 aromatic carbocycles. The van der Waals surface area contributed by atoms with Gasteiger partial charge in [-0.05, 0) is 56.4 Å². The predicted octanol–water partition coefficient (Wildman–Crippen LogP) is 3.18. The smallest absolute Gasteiger partial charge is 0.258 e. The van der Waals surface area contributed by atoms with Crippen molar-refractivity contribution in [3.05, 3.63) is 47.9 Å². The minimum absolute atomic E-state index is 0.0539. The highest BCUT2D eigenvalue weighted by Gasteiger charge is 2.26. The van der Waals surface area contributed by atoms with Gasteiger partial charge in [0.25, 0.3) is 5.91 Å². The van der Waals surface area contributed by atoms with E-state index in [0.29, 0.717) is 17.7 Å². The van der Waals surface area contributed by atoms with Gasteiger partial charge in [-0.2, -0.15) is 0 Å². The normalized spacial score (nSPS) is 17.4. The van der Waals surface area contributed by atoms with Crippen molar-refractivity contribution >= 4 is 11.7 Å². The van der Waals surface area contributed by atoms with Gasteiger partial charge in [0.2, 0.25) is 0 Å². The largest absolute Gasteiger partial charge is 0.484 e. The van der Waals surface area contributed by atoms with Crippen molar-refractivity contribution in [1.29, 1.82) is 0 Å². The average molecular weight is 352 g/mol. The molecular weight excluding hydrogens is 328 g/mol. The van der Waals surface area contributed by atoms with Crippen molar-refractivity contribution in [2.24, 2.45) is 0 Å². The minimum atomic E-state index is -0.0539. The Morgan fingerprint density at radius 3 is 2.65 bits per heavy atom. The number of hydrogen-bond acceptors (Lipinski definition) is 5. The summed E-state index contributed by atoms with van der Waals surface area (Å²) >= 11 is 0. The molecule has 1 aromatic heterocycles. The van der Waals surface area contributed by atoms with Gasteiger partial charge in [0.05, 0.1) is 0 Å². The van der Waals surface area contributed by atoms with Crippen LogP contribution >= 0.6 is 0 Å². The number of amides is 1. The Kier molecular flexibility index (Phi) is 4.73. The summed E-state index contributed by atoms with van der Waals surface area (Å²) < 4.78 is 5.55. The van der Waals surface area contributed by atoms with E-state index in [0.717, 1.165) is 30.0 Å². The van der Waals surface area contributed by atoms with Crippen LogP contribution in [0.3, 0.4) is 0 Å². The summed E-state index contributed by atoms with van der Waals surface area (Å²) in [4.78, 5) is 20.6. The van der Waals surface area contributed by atoms with Crippen molar-refractivity contribution in [3.63, 3.8) is 0 Å². The summed E-state index contributed by atoms with van der Waals surface area (Å²) in [5.74, 6) is 2.98. The second-order valence-corrected chi connectivity index (χ2v) is 7.14. The van der Waals surface area contributed by atoms with E-state index >= 15 is 0 Å². The molecule has 1 heterocycles. The summed E-state index contributed by atoms with van der Waals surface area (Å²) in [6.45, 7) is 2.16. The van der Waals surface area contributed by atoms with Gasteiger partial charge in [0.15, 0.2) is 6.61 Å². The van der Waals surface area contributed by atoms with E-state index in [-0.39, 0.29) is 18.6 Å². The van der Waals surface area contributed by atoms with E-state index < -0.39 is 0 Å². The molecule has 136 valence electrons. The molecule has 2 aromatic rings. The van der Waals surface area contributed by atoms with E-state index in [1.54, 1.807) is 0 Å². The van der Waals surface area contributed by atoms with Crippen LogP contribution in [0.5, 0.6) is 5.75 Å². The molecule has 1 amide bonds. The number of aromatic nitrogens is 2. The van der Waals surface area contributed by atoms with Gasteiger partial charge in [-0.25, -0.2) is 9.97 Å². The van der Waals surface area contributed by atoms with Crippen LogP contribution < -0.4 is 15.4 Å². The van der Waals surface area contributed by atoms with Gasteiger partial charge in [0.1, 0.15) is 17.4 Å². The standard InChI is InChI=1S/C20H24N4O2/c1-13(22-18-10-11-21-20(24-18)15-2-3-15)14-4-8-17(9-5-14)26-12-19(25)23-16-6-7-16/h4-5,8-11,13,15-16H,2-3,6-7,12H2,1H3,(H,23,25)(H,21,22,24). The van der Waals surface area contributed by atoms with Crippen LogP contribution in [0.4, 0.5) is 5.82 Å². The number of carbonyl (C=O) groups excluding carboxylic acids is 1. The molecule has 1 unspecified atom stereocenters. The fraction of sp³-hybridized carbons (Fsp3) is 0.450. The summed E-state index contributed by atoms with van der Waals surface area (Å²) in [7, 11) is 0. The van der Waals surface area contributed by atoms with Crippen LogP contribution in [-0.2, 0) is 4.79 Å². The van der Waals surface area contributed by atoms with Crippen LogP contribution in [0.25, 0.3) is 0 Å². The number of anilines is 1. The van der Waals surface area contributed by atoms with Gasteiger partial charge < -0.3 is 15.4 Å². The molecule has 4 rings (SSSR count). The zero-order valence-corrected chi connectivity index (χ0v) is 14.9. The van der Waals surface area contributed by atoms with Crippen LogP contribution in [0.2, 0.25) is 0 Å². The second kappa shape index (κ2) is 7.32. The SMILES string of the molecule is CC(Nc1ccnc(C2CC2)n1)c1ccc(OCC(=O)NC2CC2)cc1. The zero-order valence-electron chi connectivity index (χ0n) is 14.9. The molecule has 6 heteroatoms. The van der Waals surface area contributed by atoms with Crippen molar-refractivity contribution < 1.29 is 9.53 Å². The molecule has 2 N–H and O–H groups in total. The first-order valence-corrected chi connectivity index (χ1v) is 9.29. The van der Waals surface area contributed by atoms with Gasteiger partial charge in [-0.1, -0.05) is 12.1 Å². The molecule has 2 fully saturated rings. The molecule has 0 bridgehead atoms. The van der Waals surface area contributed by atoms with Gasteiger partial charge >= 0.3 is 0 Å². The number of nitrogens with one attached hydrogen (secondary N) is 2. The highest BCUT2D eigenvalue weighted by molar-refractivity contribution is 5.78. The molecule has 2 aliphatic rings. The highest BCUT2D eigenvalue weighted by Crippen LogP contribution is 2.38. The molecular formula is C20H24N4O2. The van der Waals surface area contributed by atoms with Gasteiger partial charge in [-0.15, -0.1) is 0 Å².